The zero-order chi connectivity index (χ0) is 17.1. The standard InChI is InChI=1S/C19H38O4/c1-6-8-9-10-11-12-13-18(19(20-3,21-4)22-5)16(7-2)14-17-15-23-17/h16-18H,6-15H2,1-5H3. The Morgan fingerprint density at radius 3 is 2.00 bits per heavy atom. The number of ether oxygens (including phenoxy) is 4. The van der Waals surface area contributed by atoms with Gasteiger partial charge in [-0.15, -0.1) is 0 Å². The molecule has 0 spiro atoms. The highest BCUT2D eigenvalue weighted by Crippen LogP contribution is 2.39. The highest BCUT2D eigenvalue weighted by molar-refractivity contribution is 4.83. The summed E-state index contributed by atoms with van der Waals surface area (Å²) in [5, 5.41) is 0. The van der Waals surface area contributed by atoms with E-state index in [1.54, 1.807) is 21.3 Å². The van der Waals surface area contributed by atoms with Gasteiger partial charge in [-0.3, -0.25) is 0 Å². The average molecular weight is 331 g/mol. The van der Waals surface area contributed by atoms with E-state index in [4.69, 9.17) is 18.9 Å². The van der Waals surface area contributed by atoms with Crippen molar-refractivity contribution in [3.05, 3.63) is 0 Å². The molecule has 1 aliphatic rings. The summed E-state index contributed by atoms with van der Waals surface area (Å²) < 4.78 is 22.5. The van der Waals surface area contributed by atoms with Crippen molar-refractivity contribution in [3.8, 4) is 0 Å². The Labute approximate surface area is 143 Å². The number of epoxide rings is 1. The molecule has 3 atom stereocenters. The molecule has 23 heavy (non-hydrogen) atoms. The Kier molecular flexibility index (Phi) is 10.4. The third-order valence-electron chi connectivity index (χ3n) is 5.24. The van der Waals surface area contributed by atoms with Crippen molar-refractivity contribution in [3.63, 3.8) is 0 Å². The van der Waals surface area contributed by atoms with Crippen LogP contribution < -0.4 is 0 Å². The maximum absolute atomic E-state index is 5.69. The zero-order valence-electron chi connectivity index (χ0n) is 15.9. The van der Waals surface area contributed by atoms with Gasteiger partial charge < -0.3 is 18.9 Å². The SMILES string of the molecule is CCCCCCCCC(C(CC)CC1CO1)C(OC)(OC)OC. The van der Waals surface area contributed by atoms with Gasteiger partial charge in [-0.05, 0) is 18.8 Å². The fourth-order valence-electron chi connectivity index (χ4n) is 3.71. The fraction of sp³-hybridized carbons (Fsp3) is 1.00. The van der Waals surface area contributed by atoms with Crippen LogP contribution in [0.3, 0.4) is 0 Å². The summed E-state index contributed by atoms with van der Waals surface area (Å²) in [4.78, 5) is 0. The van der Waals surface area contributed by atoms with Gasteiger partial charge in [-0.2, -0.15) is 0 Å². The molecule has 0 aromatic heterocycles. The molecule has 0 N–H and O–H groups in total. The first-order valence-corrected chi connectivity index (χ1v) is 9.44. The second-order valence-electron chi connectivity index (χ2n) is 6.74. The smallest absolute Gasteiger partial charge is 0.285 e. The summed E-state index contributed by atoms with van der Waals surface area (Å²) in [6, 6.07) is 0. The van der Waals surface area contributed by atoms with Crippen molar-refractivity contribution in [2.75, 3.05) is 27.9 Å². The van der Waals surface area contributed by atoms with Crippen molar-refractivity contribution in [1.29, 1.82) is 0 Å². The Morgan fingerprint density at radius 2 is 1.52 bits per heavy atom. The molecule has 0 bridgehead atoms. The van der Waals surface area contributed by atoms with Gasteiger partial charge in [0.05, 0.1) is 12.7 Å². The topological polar surface area (TPSA) is 40.2 Å². The zero-order valence-corrected chi connectivity index (χ0v) is 15.9. The maximum Gasteiger partial charge on any atom is 0.285 e. The lowest BCUT2D eigenvalue weighted by atomic mass is 9.80. The highest BCUT2D eigenvalue weighted by atomic mass is 16.9. The molecule has 1 rings (SSSR count). The van der Waals surface area contributed by atoms with Gasteiger partial charge in [0.15, 0.2) is 0 Å². The minimum absolute atomic E-state index is 0.239. The first kappa shape index (κ1) is 20.9. The Balaban J connectivity index is 2.62. The van der Waals surface area contributed by atoms with E-state index >= 15 is 0 Å². The number of methoxy groups -OCH3 is 3. The largest absolute Gasteiger partial charge is 0.373 e. The summed E-state index contributed by atoms with van der Waals surface area (Å²) in [6.45, 7) is 5.40. The Bertz CT molecular complexity index is 279. The summed E-state index contributed by atoms with van der Waals surface area (Å²) in [6.07, 6.45) is 11.5. The second kappa shape index (κ2) is 11.4. The van der Waals surface area contributed by atoms with Crippen LogP contribution in [0.25, 0.3) is 0 Å². The molecule has 138 valence electrons. The molecule has 1 fully saturated rings. The molecule has 1 aliphatic heterocycles. The first-order chi connectivity index (χ1) is 11.2. The van der Waals surface area contributed by atoms with Gasteiger partial charge in [0.25, 0.3) is 5.97 Å². The van der Waals surface area contributed by atoms with Crippen molar-refractivity contribution in [2.45, 2.75) is 83.7 Å². The monoisotopic (exact) mass is 330 g/mol. The van der Waals surface area contributed by atoms with Crippen LogP contribution in [0, 0.1) is 11.8 Å². The molecule has 1 heterocycles. The summed E-state index contributed by atoms with van der Waals surface area (Å²) in [5.74, 6) is -0.195. The molecular weight excluding hydrogens is 292 g/mol. The number of hydrogen-bond acceptors (Lipinski definition) is 4. The molecule has 1 saturated heterocycles. The molecule has 4 nitrogen and oxygen atoms in total. The van der Waals surface area contributed by atoms with Crippen LogP contribution in [0.5, 0.6) is 0 Å². The minimum atomic E-state index is -0.932. The number of unbranched alkanes of at least 4 members (excludes halogenated alkanes) is 5. The molecular formula is C19H38O4. The molecule has 0 aromatic rings. The van der Waals surface area contributed by atoms with Crippen LogP contribution in [0.4, 0.5) is 0 Å². The van der Waals surface area contributed by atoms with Gasteiger partial charge in [0, 0.05) is 27.2 Å². The maximum atomic E-state index is 5.69. The normalized spacial score (nSPS) is 20.5. The van der Waals surface area contributed by atoms with Crippen LogP contribution in [-0.2, 0) is 18.9 Å². The van der Waals surface area contributed by atoms with E-state index in [0.29, 0.717) is 12.0 Å². The van der Waals surface area contributed by atoms with E-state index in [1.165, 1.54) is 38.5 Å². The van der Waals surface area contributed by atoms with Gasteiger partial charge in [0.2, 0.25) is 0 Å². The molecule has 4 heteroatoms. The van der Waals surface area contributed by atoms with Crippen LogP contribution >= 0.6 is 0 Å². The van der Waals surface area contributed by atoms with Crippen LogP contribution in [0.15, 0.2) is 0 Å². The van der Waals surface area contributed by atoms with Gasteiger partial charge in [-0.1, -0.05) is 58.8 Å². The predicted molar refractivity (Wildman–Crippen MR) is 93.4 cm³/mol. The third kappa shape index (κ3) is 6.69. The number of hydrogen-bond donors (Lipinski definition) is 0. The van der Waals surface area contributed by atoms with Gasteiger partial charge in [0.1, 0.15) is 0 Å². The van der Waals surface area contributed by atoms with Crippen molar-refractivity contribution in [1.82, 2.24) is 0 Å². The van der Waals surface area contributed by atoms with E-state index in [-0.39, 0.29) is 5.92 Å². The van der Waals surface area contributed by atoms with Crippen molar-refractivity contribution >= 4 is 0 Å². The minimum Gasteiger partial charge on any atom is -0.373 e. The Hall–Kier alpha value is -0.160. The van der Waals surface area contributed by atoms with Crippen LogP contribution in [0.2, 0.25) is 0 Å². The van der Waals surface area contributed by atoms with Crippen LogP contribution in [0.1, 0.15) is 71.6 Å². The van der Waals surface area contributed by atoms with Crippen molar-refractivity contribution in [2.24, 2.45) is 11.8 Å². The molecule has 0 saturated carbocycles. The summed E-state index contributed by atoms with van der Waals surface area (Å²) >= 11 is 0. The van der Waals surface area contributed by atoms with Crippen LogP contribution in [-0.4, -0.2) is 40.0 Å². The van der Waals surface area contributed by atoms with E-state index in [2.05, 4.69) is 13.8 Å². The lowest BCUT2D eigenvalue weighted by Crippen LogP contribution is -2.47. The molecule has 0 aromatic carbocycles. The Morgan fingerprint density at radius 1 is 0.957 bits per heavy atom. The van der Waals surface area contributed by atoms with E-state index in [1.807, 2.05) is 0 Å². The molecule has 0 radical (unpaired) electrons. The predicted octanol–water partition coefficient (Wildman–Crippen LogP) is 4.76. The van der Waals surface area contributed by atoms with E-state index in [9.17, 15) is 0 Å². The first-order valence-electron chi connectivity index (χ1n) is 9.44. The molecule has 0 amide bonds. The quantitative estimate of drug-likeness (QED) is 0.246. The van der Waals surface area contributed by atoms with Gasteiger partial charge >= 0.3 is 0 Å². The third-order valence-corrected chi connectivity index (χ3v) is 5.24. The van der Waals surface area contributed by atoms with E-state index < -0.39 is 5.97 Å². The lowest BCUT2D eigenvalue weighted by molar-refractivity contribution is -0.386. The summed E-state index contributed by atoms with van der Waals surface area (Å²) in [5.41, 5.74) is 0. The fourth-order valence-corrected chi connectivity index (χ4v) is 3.71. The summed E-state index contributed by atoms with van der Waals surface area (Å²) in [7, 11) is 5.05. The van der Waals surface area contributed by atoms with E-state index in [0.717, 1.165) is 25.9 Å². The van der Waals surface area contributed by atoms with Crippen molar-refractivity contribution < 1.29 is 18.9 Å². The van der Waals surface area contributed by atoms with Gasteiger partial charge in [-0.25, -0.2) is 0 Å². The highest BCUT2D eigenvalue weighted by Gasteiger charge is 2.45. The molecule has 3 unspecified atom stereocenters. The molecule has 0 aliphatic carbocycles. The average Bonchev–Trinajstić information content (AvgIpc) is 3.40. The second-order valence-corrected chi connectivity index (χ2v) is 6.74. The lowest BCUT2D eigenvalue weighted by Gasteiger charge is -2.40. The number of rotatable bonds is 15.